The van der Waals surface area contributed by atoms with Crippen LogP contribution in [0.15, 0.2) is 158 Å². The molecule has 0 saturated heterocycles. The second-order valence-electron chi connectivity index (χ2n) is 14.1. The van der Waals surface area contributed by atoms with E-state index in [9.17, 15) is 0 Å². The number of benzene rings is 8. The van der Waals surface area contributed by atoms with Crippen LogP contribution < -0.4 is 4.90 Å². The molecule has 0 spiro atoms. The van der Waals surface area contributed by atoms with Crippen molar-refractivity contribution in [3.8, 4) is 27.9 Å². The zero-order valence-electron chi connectivity index (χ0n) is 28.5. The topological polar surface area (TPSA) is 8.17 Å². The number of aryl methyl sites for hydroxylation is 1. The van der Waals surface area contributed by atoms with Gasteiger partial charge < -0.3 is 9.47 Å². The SMILES string of the molecule is Cc1ccc(C(C)C)cc1N(c1ccccc1)c1ccc2cc3c(cc2c1)-c1cc2ccc(-n4c5ccccc5c5ccccc54)cc2cc1-3. The summed E-state index contributed by atoms with van der Waals surface area (Å²) in [6.45, 7) is 6.74. The molecule has 0 atom stereocenters. The molecule has 1 aliphatic carbocycles. The van der Waals surface area contributed by atoms with Crippen molar-refractivity contribution in [2.24, 2.45) is 0 Å². The van der Waals surface area contributed by atoms with Gasteiger partial charge in [0.25, 0.3) is 0 Å². The van der Waals surface area contributed by atoms with E-state index in [1.165, 1.54) is 93.8 Å². The molecule has 1 aromatic heterocycles. The first-order valence-corrected chi connectivity index (χ1v) is 17.6. The van der Waals surface area contributed by atoms with Crippen LogP contribution in [-0.2, 0) is 0 Å². The van der Waals surface area contributed by atoms with Crippen molar-refractivity contribution in [1.29, 1.82) is 0 Å². The Kier molecular flexibility index (Phi) is 6.32. The second-order valence-corrected chi connectivity index (χ2v) is 14.1. The van der Waals surface area contributed by atoms with E-state index in [0.717, 1.165) is 5.69 Å². The minimum absolute atomic E-state index is 0.457. The van der Waals surface area contributed by atoms with Gasteiger partial charge in [0, 0.05) is 33.5 Å². The zero-order valence-corrected chi connectivity index (χ0v) is 28.5. The second kappa shape index (κ2) is 10.9. The summed E-state index contributed by atoms with van der Waals surface area (Å²) < 4.78 is 2.40. The minimum Gasteiger partial charge on any atom is -0.310 e. The van der Waals surface area contributed by atoms with Gasteiger partial charge in [-0.2, -0.15) is 0 Å². The minimum atomic E-state index is 0.457. The molecule has 1 heterocycles. The van der Waals surface area contributed by atoms with Gasteiger partial charge in [0.05, 0.1) is 11.0 Å². The normalized spacial score (nSPS) is 12.1. The van der Waals surface area contributed by atoms with E-state index in [0.29, 0.717) is 5.92 Å². The number of fused-ring (bicyclic) bond motifs is 9. The first-order chi connectivity index (χ1) is 24.5. The highest BCUT2D eigenvalue weighted by molar-refractivity contribution is 6.13. The van der Waals surface area contributed by atoms with Crippen molar-refractivity contribution in [3.63, 3.8) is 0 Å². The van der Waals surface area contributed by atoms with Crippen LogP contribution in [-0.4, -0.2) is 4.57 Å². The molecule has 0 radical (unpaired) electrons. The van der Waals surface area contributed by atoms with Gasteiger partial charge in [0.2, 0.25) is 0 Å². The fourth-order valence-corrected chi connectivity index (χ4v) is 8.11. The molecule has 238 valence electrons. The summed E-state index contributed by atoms with van der Waals surface area (Å²) >= 11 is 0. The van der Waals surface area contributed by atoms with E-state index < -0.39 is 0 Å². The monoisotopic (exact) mass is 640 g/mol. The molecular formula is C48H36N2. The summed E-state index contributed by atoms with van der Waals surface area (Å²) in [5.74, 6) is 0.457. The predicted molar refractivity (Wildman–Crippen MR) is 214 cm³/mol. The predicted octanol–water partition coefficient (Wildman–Crippen LogP) is 13.6. The summed E-state index contributed by atoms with van der Waals surface area (Å²) in [4.78, 5) is 2.41. The molecule has 0 N–H and O–H groups in total. The van der Waals surface area contributed by atoms with Gasteiger partial charge in [-0.25, -0.2) is 0 Å². The Morgan fingerprint density at radius 1 is 0.460 bits per heavy atom. The Hall–Kier alpha value is -6.12. The van der Waals surface area contributed by atoms with Gasteiger partial charge >= 0.3 is 0 Å². The van der Waals surface area contributed by atoms with E-state index in [1.807, 2.05) is 0 Å². The lowest BCUT2D eigenvalue weighted by Gasteiger charge is -2.29. The van der Waals surface area contributed by atoms with E-state index in [4.69, 9.17) is 0 Å². The summed E-state index contributed by atoms with van der Waals surface area (Å²) in [6.07, 6.45) is 0. The standard InChI is InChI=1S/C48H36N2/c1-30(2)32-18-17-31(3)48(29-32)49(37-11-5-4-6-12-37)38-21-19-33-25-42-44(27-35(33)23-38)43-26-34-20-22-39(24-36(34)28-45(42)43)50-46-15-9-7-13-40(46)41-14-8-10-16-47(41)50/h4-30H,1-3H3. The number of nitrogens with zero attached hydrogens (tertiary/aromatic N) is 2. The average molecular weight is 641 g/mol. The fourth-order valence-electron chi connectivity index (χ4n) is 8.11. The molecule has 0 bridgehead atoms. The van der Waals surface area contributed by atoms with Crippen molar-refractivity contribution in [3.05, 3.63) is 169 Å². The van der Waals surface area contributed by atoms with E-state index >= 15 is 0 Å². The molecular weight excluding hydrogens is 605 g/mol. The molecule has 0 amide bonds. The van der Waals surface area contributed by atoms with Gasteiger partial charge in [-0.05, 0) is 147 Å². The maximum Gasteiger partial charge on any atom is 0.0541 e. The summed E-state index contributed by atoms with van der Waals surface area (Å²) in [5, 5.41) is 7.63. The maximum atomic E-state index is 2.41. The molecule has 0 saturated carbocycles. The Bertz CT molecular complexity index is 2750. The van der Waals surface area contributed by atoms with Crippen molar-refractivity contribution in [2.45, 2.75) is 26.7 Å². The van der Waals surface area contributed by atoms with Gasteiger partial charge in [-0.1, -0.05) is 92.7 Å². The molecule has 10 rings (SSSR count). The van der Waals surface area contributed by atoms with E-state index in [2.05, 4.69) is 188 Å². The number of hydrogen-bond donors (Lipinski definition) is 0. The highest BCUT2D eigenvalue weighted by Crippen LogP contribution is 2.51. The summed E-state index contributed by atoms with van der Waals surface area (Å²) in [7, 11) is 0. The Balaban J connectivity index is 1.07. The lowest BCUT2D eigenvalue weighted by molar-refractivity contribution is 0.865. The Labute approximate surface area is 292 Å². The van der Waals surface area contributed by atoms with Crippen LogP contribution in [0.1, 0.15) is 30.9 Å². The molecule has 0 unspecified atom stereocenters. The third-order valence-electron chi connectivity index (χ3n) is 10.8. The van der Waals surface area contributed by atoms with Gasteiger partial charge in [-0.15, -0.1) is 0 Å². The first-order valence-electron chi connectivity index (χ1n) is 17.6. The molecule has 9 aromatic rings. The van der Waals surface area contributed by atoms with Crippen molar-refractivity contribution in [1.82, 2.24) is 4.57 Å². The van der Waals surface area contributed by atoms with Crippen molar-refractivity contribution < 1.29 is 0 Å². The van der Waals surface area contributed by atoms with Crippen LogP contribution in [0.2, 0.25) is 0 Å². The van der Waals surface area contributed by atoms with E-state index in [-0.39, 0.29) is 0 Å². The highest BCUT2D eigenvalue weighted by Gasteiger charge is 2.25. The number of rotatable bonds is 5. The number of aromatic nitrogens is 1. The van der Waals surface area contributed by atoms with Crippen molar-refractivity contribution >= 4 is 60.4 Å². The van der Waals surface area contributed by atoms with Crippen LogP contribution in [0.4, 0.5) is 17.1 Å². The molecule has 0 aliphatic heterocycles. The highest BCUT2D eigenvalue weighted by atomic mass is 15.1. The van der Waals surface area contributed by atoms with E-state index in [1.54, 1.807) is 0 Å². The smallest absolute Gasteiger partial charge is 0.0541 e. The van der Waals surface area contributed by atoms with Crippen LogP contribution >= 0.6 is 0 Å². The van der Waals surface area contributed by atoms with Crippen LogP contribution in [0.25, 0.3) is 71.3 Å². The lowest BCUT2D eigenvalue weighted by atomic mass is 9.78. The quantitative estimate of drug-likeness (QED) is 0.182. The third-order valence-corrected chi connectivity index (χ3v) is 10.8. The van der Waals surface area contributed by atoms with Crippen LogP contribution in [0.5, 0.6) is 0 Å². The molecule has 2 heteroatoms. The van der Waals surface area contributed by atoms with Crippen LogP contribution in [0.3, 0.4) is 0 Å². The third kappa shape index (κ3) is 4.35. The summed E-state index contributed by atoms with van der Waals surface area (Å²) in [5.41, 5.74) is 15.2. The molecule has 0 fully saturated rings. The summed E-state index contributed by atoms with van der Waals surface area (Å²) in [6, 6.07) is 58.5. The average Bonchev–Trinajstić information content (AvgIpc) is 3.49. The Morgan fingerprint density at radius 2 is 1.02 bits per heavy atom. The zero-order chi connectivity index (χ0) is 33.5. The van der Waals surface area contributed by atoms with Gasteiger partial charge in [-0.3, -0.25) is 0 Å². The van der Waals surface area contributed by atoms with Crippen molar-refractivity contribution in [2.75, 3.05) is 4.90 Å². The first kappa shape index (κ1) is 28.9. The lowest BCUT2D eigenvalue weighted by Crippen LogP contribution is -2.12. The Morgan fingerprint density at radius 3 is 1.66 bits per heavy atom. The molecule has 50 heavy (non-hydrogen) atoms. The van der Waals surface area contributed by atoms with Gasteiger partial charge in [0.1, 0.15) is 0 Å². The molecule has 8 aromatic carbocycles. The number of anilines is 3. The maximum absolute atomic E-state index is 2.41. The molecule has 1 aliphatic rings. The number of hydrogen-bond acceptors (Lipinski definition) is 1. The van der Waals surface area contributed by atoms with Gasteiger partial charge in [0.15, 0.2) is 0 Å². The number of para-hydroxylation sites is 3. The molecule has 2 nitrogen and oxygen atoms in total. The largest absolute Gasteiger partial charge is 0.310 e. The van der Waals surface area contributed by atoms with Crippen LogP contribution in [0, 0.1) is 6.92 Å². The fraction of sp³-hybridized carbons (Fsp3) is 0.0833.